The average Bonchev–Trinajstić information content (AvgIpc) is 2.54. The molecule has 88 valence electrons. The van der Waals surface area contributed by atoms with Crippen molar-refractivity contribution in [2.24, 2.45) is 11.7 Å². The number of nitrogens with two attached hydrogens (primary N) is 1. The molecule has 2 rings (SSSR count). The van der Waals surface area contributed by atoms with E-state index < -0.39 is 0 Å². The first kappa shape index (κ1) is 11.5. The summed E-state index contributed by atoms with van der Waals surface area (Å²) in [6.45, 7) is 5.40. The molecule has 0 amide bonds. The van der Waals surface area contributed by atoms with Crippen LogP contribution in [0, 0.1) is 5.92 Å². The minimum atomic E-state index is 0.636. The lowest BCUT2D eigenvalue weighted by Gasteiger charge is -2.23. The Morgan fingerprint density at radius 1 is 1.19 bits per heavy atom. The lowest BCUT2D eigenvalue weighted by atomic mass is 10.0. The van der Waals surface area contributed by atoms with Crippen molar-refractivity contribution in [2.75, 3.05) is 18.0 Å². The molecule has 16 heavy (non-hydrogen) atoms. The molecule has 1 saturated heterocycles. The van der Waals surface area contributed by atoms with Gasteiger partial charge in [0.1, 0.15) is 0 Å². The van der Waals surface area contributed by atoms with E-state index in [0.29, 0.717) is 6.54 Å². The predicted molar refractivity (Wildman–Crippen MR) is 69.6 cm³/mol. The van der Waals surface area contributed by atoms with Crippen LogP contribution < -0.4 is 10.6 Å². The third kappa shape index (κ3) is 2.76. The Morgan fingerprint density at radius 3 is 2.62 bits per heavy atom. The number of benzene rings is 1. The molecule has 0 aliphatic carbocycles. The first-order valence-electron chi connectivity index (χ1n) is 6.33. The Morgan fingerprint density at radius 2 is 1.94 bits per heavy atom. The van der Waals surface area contributed by atoms with Crippen LogP contribution in [-0.2, 0) is 6.54 Å². The largest absolute Gasteiger partial charge is 0.372 e. The van der Waals surface area contributed by atoms with Crippen molar-refractivity contribution in [3.05, 3.63) is 29.8 Å². The van der Waals surface area contributed by atoms with Gasteiger partial charge in [-0.3, -0.25) is 0 Å². The van der Waals surface area contributed by atoms with Crippen molar-refractivity contribution in [1.29, 1.82) is 0 Å². The predicted octanol–water partition coefficient (Wildman–Crippen LogP) is 2.77. The smallest absolute Gasteiger partial charge is 0.0366 e. The molecule has 2 heteroatoms. The molecule has 1 fully saturated rings. The lowest BCUT2D eigenvalue weighted by molar-refractivity contribution is 0.521. The third-order valence-electron chi connectivity index (χ3n) is 3.55. The van der Waals surface area contributed by atoms with Crippen molar-refractivity contribution >= 4 is 5.69 Å². The summed E-state index contributed by atoms with van der Waals surface area (Å²) in [6, 6.07) is 8.70. The molecule has 1 aliphatic rings. The second-order valence-electron chi connectivity index (χ2n) is 4.89. The molecule has 2 nitrogen and oxygen atoms in total. The fourth-order valence-electron chi connectivity index (χ4n) is 2.36. The Labute approximate surface area is 98.4 Å². The summed E-state index contributed by atoms with van der Waals surface area (Å²) < 4.78 is 0. The summed E-state index contributed by atoms with van der Waals surface area (Å²) in [5, 5.41) is 0. The van der Waals surface area contributed by atoms with E-state index in [4.69, 9.17) is 5.73 Å². The SMILES string of the molecule is CC1CCCN(c2ccc(CN)cc2)CC1. The zero-order valence-electron chi connectivity index (χ0n) is 10.2. The molecule has 0 bridgehead atoms. The van der Waals surface area contributed by atoms with Gasteiger partial charge in [-0.25, -0.2) is 0 Å². The second kappa shape index (κ2) is 5.35. The van der Waals surface area contributed by atoms with Crippen LogP contribution in [-0.4, -0.2) is 13.1 Å². The summed E-state index contributed by atoms with van der Waals surface area (Å²) in [7, 11) is 0. The highest BCUT2D eigenvalue weighted by Crippen LogP contribution is 2.22. The van der Waals surface area contributed by atoms with Crippen LogP contribution in [0.4, 0.5) is 5.69 Å². The zero-order valence-corrected chi connectivity index (χ0v) is 10.2. The average molecular weight is 218 g/mol. The molecule has 0 spiro atoms. The summed E-state index contributed by atoms with van der Waals surface area (Å²) >= 11 is 0. The zero-order chi connectivity index (χ0) is 11.4. The minimum Gasteiger partial charge on any atom is -0.372 e. The number of hydrogen-bond donors (Lipinski definition) is 1. The normalized spacial score (nSPS) is 21.9. The summed E-state index contributed by atoms with van der Waals surface area (Å²) in [5.74, 6) is 0.883. The summed E-state index contributed by atoms with van der Waals surface area (Å²) in [4.78, 5) is 2.50. The van der Waals surface area contributed by atoms with Crippen LogP contribution in [0.5, 0.6) is 0 Å². The number of hydrogen-bond acceptors (Lipinski definition) is 2. The standard InChI is InChI=1S/C14H22N2/c1-12-3-2-9-16(10-8-12)14-6-4-13(11-15)5-7-14/h4-7,12H,2-3,8-11,15H2,1H3. The van der Waals surface area contributed by atoms with Crippen molar-refractivity contribution in [3.8, 4) is 0 Å². The van der Waals surface area contributed by atoms with E-state index in [9.17, 15) is 0 Å². The maximum absolute atomic E-state index is 5.61. The van der Waals surface area contributed by atoms with E-state index in [2.05, 4.69) is 36.1 Å². The van der Waals surface area contributed by atoms with Crippen LogP contribution in [0.2, 0.25) is 0 Å². The van der Waals surface area contributed by atoms with Gasteiger partial charge >= 0.3 is 0 Å². The molecule has 1 atom stereocenters. The molecule has 0 saturated carbocycles. The molecule has 1 unspecified atom stereocenters. The highest BCUT2D eigenvalue weighted by Gasteiger charge is 2.13. The summed E-state index contributed by atoms with van der Waals surface area (Å²) in [5.41, 5.74) is 8.18. The van der Waals surface area contributed by atoms with Gasteiger partial charge in [0.25, 0.3) is 0 Å². The van der Waals surface area contributed by atoms with Crippen LogP contribution in [0.25, 0.3) is 0 Å². The maximum atomic E-state index is 5.61. The second-order valence-corrected chi connectivity index (χ2v) is 4.89. The van der Waals surface area contributed by atoms with Gasteiger partial charge in [0.05, 0.1) is 0 Å². The summed E-state index contributed by atoms with van der Waals surface area (Å²) in [6.07, 6.45) is 4.01. The van der Waals surface area contributed by atoms with Gasteiger partial charge in [0.2, 0.25) is 0 Å². The van der Waals surface area contributed by atoms with Gasteiger partial charge < -0.3 is 10.6 Å². The van der Waals surface area contributed by atoms with Crippen molar-refractivity contribution < 1.29 is 0 Å². The van der Waals surface area contributed by atoms with E-state index in [1.807, 2.05) is 0 Å². The van der Waals surface area contributed by atoms with Crippen molar-refractivity contribution in [3.63, 3.8) is 0 Å². The number of rotatable bonds is 2. The van der Waals surface area contributed by atoms with Gasteiger partial charge in [-0.05, 0) is 42.9 Å². The van der Waals surface area contributed by atoms with E-state index >= 15 is 0 Å². The van der Waals surface area contributed by atoms with Gasteiger partial charge in [-0.2, -0.15) is 0 Å². The molecule has 1 aliphatic heterocycles. The van der Waals surface area contributed by atoms with Gasteiger partial charge in [-0.1, -0.05) is 19.1 Å². The topological polar surface area (TPSA) is 29.3 Å². The molecule has 2 N–H and O–H groups in total. The molecular weight excluding hydrogens is 196 g/mol. The van der Waals surface area contributed by atoms with Crippen LogP contribution >= 0.6 is 0 Å². The minimum absolute atomic E-state index is 0.636. The van der Waals surface area contributed by atoms with Gasteiger partial charge in [-0.15, -0.1) is 0 Å². The molecule has 1 aromatic carbocycles. The van der Waals surface area contributed by atoms with E-state index in [1.165, 1.54) is 43.6 Å². The lowest BCUT2D eigenvalue weighted by Crippen LogP contribution is -2.24. The quantitative estimate of drug-likeness (QED) is 0.827. The van der Waals surface area contributed by atoms with Gasteiger partial charge in [0.15, 0.2) is 0 Å². The Kier molecular flexibility index (Phi) is 3.83. The Hall–Kier alpha value is -1.02. The Bertz CT molecular complexity index is 318. The van der Waals surface area contributed by atoms with E-state index in [-0.39, 0.29) is 0 Å². The first-order chi connectivity index (χ1) is 7.79. The van der Waals surface area contributed by atoms with Crippen molar-refractivity contribution in [2.45, 2.75) is 32.7 Å². The molecule has 1 aromatic rings. The van der Waals surface area contributed by atoms with Crippen LogP contribution in [0.15, 0.2) is 24.3 Å². The number of nitrogens with zero attached hydrogens (tertiary/aromatic N) is 1. The van der Waals surface area contributed by atoms with Gasteiger partial charge in [0, 0.05) is 25.3 Å². The van der Waals surface area contributed by atoms with Crippen molar-refractivity contribution in [1.82, 2.24) is 0 Å². The molecule has 0 radical (unpaired) electrons. The fraction of sp³-hybridized carbons (Fsp3) is 0.571. The Balaban J connectivity index is 2.04. The monoisotopic (exact) mass is 218 g/mol. The molecule has 0 aromatic heterocycles. The third-order valence-corrected chi connectivity index (χ3v) is 3.55. The van der Waals surface area contributed by atoms with E-state index in [1.54, 1.807) is 0 Å². The van der Waals surface area contributed by atoms with E-state index in [0.717, 1.165) is 5.92 Å². The van der Waals surface area contributed by atoms with Crippen LogP contribution in [0.3, 0.4) is 0 Å². The highest BCUT2D eigenvalue weighted by atomic mass is 15.1. The van der Waals surface area contributed by atoms with Crippen LogP contribution in [0.1, 0.15) is 31.7 Å². The molecule has 1 heterocycles. The highest BCUT2D eigenvalue weighted by molar-refractivity contribution is 5.47. The molecular formula is C14H22N2. The first-order valence-corrected chi connectivity index (χ1v) is 6.33. The number of anilines is 1. The maximum Gasteiger partial charge on any atom is 0.0366 e. The fourth-order valence-corrected chi connectivity index (χ4v) is 2.36.